The smallest absolute Gasteiger partial charge is 0.112 e. The Morgan fingerprint density at radius 2 is 2.46 bits per heavy atom. The minimum Gasteiger partial charge on any atom is -0.385 e. The first-order valence-corrected chi connectivity index (χ1v) is 5.09. The number of rotatable bonds is 3. The lowest BCUT2D eigenvalue weighted by atomic mass is 10.1. The molecule has 0 aromatic carbocycles. The molecule has 13 heavy (non-hydrogen) atoms. The second kappa shape index (κ2) is 4.35. The number of hydrogen-bond donors (Lipinski definition) is 1. The van der Waals surface area contributed by atoms with Crippen LogP contribution in [-0.2, 0) is 6.42 Å². The van der Waals surface area contributed by atoms with Gasteiger partial charge in [0.1, 0.15) is 6.10 Å². The van der Waals surface area contributed by atoms with Crippen LogP contribution in [0.4, 0.5) is 0 Å². The van der Waals surface area contributed by atoms with Crippen LogP contribution in [0.1, 0.15) is 30.7 Å². The minimum absolute atomic E-state index is 0.396. The van der Waals surface area contributed by atoms with Crippen LogP contribution in [-0.4, -0.2) is 10.1 Å². The molecule has 0 fully saturated rings. The summed E-state index contributed by atoms with van der Waals surface area (Å²) in [4.78, 5) is 4.22. The van der Waals surface area contributed by atoms with E-state index in [9.17, 15) is 5.11 Å². The van der Waals surface area contributed by atoms with E-state index in [2.05, 4.69) is 4.98 Å². The normalized spacial score (nSPS) is 14.9. The highest BCUT2D eigenvalue weighted by Crippen LogP contribution is 2.22. The summed E-state index contributed by atoms with van der Waals surface area (Å²) in [5.74, 6) is -0.396. The molecule has 4 heteroatoms. The van der Waals surface area contributed by atoms with Gasteiger partial charge in [0.05, 0.1) is 22.7 Å². The molecule has 0 amide bonds. The largest absolute Gasteiger partial charge is 0.385 e. The summed E-state index contributed by atoms with van der Waals surface area (Å²) >= 11 is 1.53. The van der Waals surface area contributed by atoms with Crippen molar-refractivity contribution in [1.82, 2.24) is 4.98 Å². The number of aryl methyl sites for hydroxylation is 1. The molecule has 0 aliphatic carbocycles. The summed E-state index contributed by atoms with van der Waals surface area (Å²) in [6.07, 6.45) is 0.125. The summed E-state index contributed by atoms with van der Waals surface area (Å²) in [6.45, 7) is 3.71. The molecule has 0 spiro atoms. The Balaban J connectivity index is 2.78. The van der Waals surface area contributed by atoms with Gasteiger partial charge in [-0.1, -0.05) is 6.92 Å². The van der Waals surface area contributed by atoms with Crippen molar-refractivity contribution in [2.24, 2.45) is 5.92 Å². The first kappa shape index (κ1) is 10.2. The monoisotopic (exact) mass is 196 g/mol. The lowest BCUT2D eigenvalue weighted by Gasteiger charge is -2.08. The van der Waals surface area contributed by atoms with E-state index in [0.29, 0.717) is 5.69 Å². The van der Waals surface area contributed by atoms with Crippen molar-refractivity contribution in [3.05, 3.63) is 16.1 Å². The number of aliphatic hydroxyl groups is 1. The Bertz CT molecular complexity index is 316. The van der Waals surface area contributed by atoms with Crippen LogP contribution in [0, 0.1) is 17.2 Å². The van der Waals surface area contributed by atoms with E-state index in [1.807, 2.05) is 18.4 Å². The zero-order valence-corrected chi connectivity index (χ0v) is 8.51. The van der Waals surface area contributed by atoms with Crippen molar-refractivity contribution in [2.45, 2.75) is 26.4 Å². The van der Waals surface area contributed by atoms with E-state index in [1.165, 1.54) is 11.3 Å². The van der Waals surface area contributed by atoms with Crippen molar-refractivity contribution in [3.8, 4) is 6.07 Å². The van der Waals surface area contributed by atoms with Crippen LogP contribution in [0.5, 0.6) is 0 Å². The predicted octanol–water partition coefficient (Wildman–Crippen LogP) is 1.90. The van der Waals surface area contributed by atoms with Gasteiger partial charge in [-0.15, -0.1) is 11.3 Å². The first-order chi connectivity index (χ1) is 6.19. The molecule has 0 aliphatic heterocycles. The van der Waals surface area contributed by atoms with Crippen molar-refractivity contribution in [1.29, 1.82) is 5.26 Å². The van der Waals surface area contributed by atoms with Gasteiger partial charge in [-0.2, -0.15) is 5.26 Å². The molecule has 1 aromatic heterocycles. The number of aromatic nitrogens is 1. The van der Waals surface area contributed by atoms with E-state index < -0.39 is 12.0 Å². The molecule has 70 valence electrons. The zero-order valence-electron chi connectivity index (χ0n) is 7.69. The Morgan fingerprint density at radius 1 is 1.77 bits per heavy atom. The molecule has 3 nitrogen and oxygen atoms in total. The number of hydrogen-bond acceptors (Lipinski definition) is 4. The summed E-state index contributed by atoms with van der Waals surface area (Å²) in [7, 11) is 0. The fraction of sp³-hybridized carbons (Fsp3) is 0.556. The van der Waals surface area contributed by atoms with Crippen LogP contribution < -0.4 is 0 Å². The van der Waals surface area contributed by atoms with Crippen LogP contribution in [0.15, 0.2) is 5.38 Å². The van der Waals surface area contributed by atoms with Gasteiger partial charge in [-0.3, -0.25) is 0 Å². The maximum atomic E-state index is 9.62. The van der Waals surface area contributed by atoms with E-state index in [0.717, 1.165) is 11.4 Å². The topological polar surface area (TPSA) is 56.9 Å². The highest BCUT2D eigenvalue weighted by molar-refractivity contribution is 7.09. The second-order valence-corrected chi connectivity index (χ2v) is 3.82. The van der Waals surface area contributed by atoms with Gasteiger partial charge < -0.3 is 5.11 Å². The van der Waals surface area contributed by atoms with Gasteiger partial charge in [0, 0.05) is 5.38 Å². The average molecular weight is 196 g/mol. The molecule has 1 heterocycles. The Hall–Kier alpha value is -0.920. The van der Waals surface area contributed by atoms with Crippen LogP contribution >= 0.6 is 11.3 Å². The van der Waals surface area contributed by atoms with Crippen LogP contribution in [0.25, 0.3) is 0 Å². The quantitative estimate of drug-likeness (QED) is 0.803. The van der Waals surface area contributed by atoms with Gasteiger partial charge in [0.2, 0.25) is 0 Å². The molecule has 1 rings (SSSR count). The fourth-order valence-corrected chi connectivity index (χ4v) is 1.72. The van der Waals surface area contributed by atoms with E-state index in [4.69, 9.17) is 5.26 Å². The lowest BCUT2D eigenvalue weighted by molar-refractivity contribution is 0.139. The molecular formula is C9H12N2OS. The maximum Gasteiger partial charge on any atom is 0.112 e. The average Bonchev–Trinajstić information content (AvgIpc) is 2.63. The number of nitrogens with zero attached hydrogens (tertiary/aromatic N) is 2. The summed E-state index contributed by atoms with van der Waals surface area (Å²) in [6, 6.07) is 2.01. The Labute approximate surface area is 81.7 Å². The van der Waals surface area contributed by atoms with Crippen molar-refractivity contribution < 1.29 is 5.11 Å². The van der Waals surface area contributed by atoms with Gasteiger partial charge >= 0.3 is 0 Å². The second-order valence-electron chi connectivity index (χ2n) is 2.88. The molecule has 1 N–H and O–H groups in total. The molecule has 0 saturated heterocycles. The van der Waals surface area contributed by atoms with Crippen molar-refractivity contribution in [2.75, 3.05) is 0 Å². The highest BCUT2D eigenvalue weighted by Gasteiger charge is 2.18. The van der Waals surface area contributed by atoms with Gasteiger partial charge in [0.15, 0.2) is 0 Å². The maximum absolute atomic E-state index is 9.62. The standard InChI is InChI=1S/C9H12N2OS/c1-3-8-11-7(5-13-8)9(12)6(2)4-10/h5-6,9,12H,3H2,1-2H3. The molecule has 0 bridgehead atoms. The van der Waals surface area contributed by atoms with Gasteiger partial charge in [0.25, 0.3) is 0 Å². The zero-order chi connectivity index (χ0) is 9.84. The molecule has 1 aromatic rings. The van der Waals surface area contributed by atoms with Crippen molar-refractivity contribution in [3.63, 3.8) is 0 Å². The summed E-state index contributed by atoms with van der Waals surface area (Å²) in [5.41, 5.74) is 0.621. The SMILES string of the molecule is CCc1nc(C(O)C(C)C#N)cs1. The van der Waals surface area contributed by atoms with Crippen LogP contribution in [0.3, 0.4) is 0 Å². The van der Waals surface area contributed by atoms with Gasteiger partial charge in [-0.05, 0) is 13.3 Å². The van der Waals surface area contributed by atoms with E-state index in [-0.39, 0.29) is 0 Å². The first-order valence-electron chi connectivity index (χ1n) is 4.21. The number of aliphatic hydroxyl groups excluding tert-OH is 1. The molecule has 2 unspecified atom stereocenters. The molecular weight excluding hydrogens is 184 g/mol. The number of nitriles is 1. The molecule has 0 saturated carbocycles. The minimum atomic E-state index is -0.749. The lowest BCUT2D eigenvalue weighted by Crippen LogP contribution is -2.07. The number of thiazole rings is 1. The van der Waals surface area contributed by atoms with Crippen molar-refractivity contribution >= 4 is 11.3 Å². The van der Waals surface area contributed by atoms with E-state index in [1.54, 1.807) is 6.92 Å². The van der Waals surface area contributed by atoms with Gasteiger partial charge in [-0.25, -0.2) is 4.98 Å². The third-order valence-electron chi connectivity index (χ3n) is 1.85. The fourth-order valence-electron chi connectivity index (χ4n) is 0.950. The Kier molecular flexibility index (Phi) is 3.40. The summed E-state index contributed by atoms with van der Waals surface area (Å²) in [5, 5.41) is 21.0. The predicted molar refractivity (Wildman–Crippen MR) is 51.2 cm³/mol. The molecule has 0 aliphatic rings. The third kappa shape index (κ3) is 2.27. The summed E-state index contributed by atoms with van der Waals surface area (Å²) < 4.78 is 0. The highest BCUT2D eigenvalue weighted by atomic mass is 32.1. The van der Waals surface area contributed by atoms with Crippen LogP contribution in [0.2, 0.25) is 0 Å². The molecule has 0 radical (unpaired) electrons. The molecule has 2 atom stereocenters. The Morgan fingerprint density at radius 3 is 2.92 bits per heavy atom. The van der Waals surface area contributed by atoms with E-state index >= 15 is 0 Å². The third-order valence-corrected chi connectivity index (χ3v) is 2.86.